The first-order valence-corrected chi connectivity index (χ1v) is 6.01. The van der Waals surface area contributed by atoms with E-state index < -0.39 is 23.4 Å². The molecule has 1 saturated heterocycles. The van der Waals surface area contributed by atoms with E-state index >= 15 is 0 Å². The molecule has 17 heavy (non-hydrogen) atoms. The molecule has 1 aromatic rings. The van der Waals surface area contributed by atoms with Crippen LogP contribution in [0.3, 0.4) is 0 Å². The monoisotopic (exact) mass is 272 g/mol. The van der Waals surface area contributed by atoms with Gasteiger partial charge in [0, 0.05) is 23.6 Å². The van der Waals surface area contributed by atoms with Gasteiger partial charge in [-0.2, -0.15) is 4.42 Å². The van der Waals surface area contributed by atoms with Crippen molar-refractivity contribution in [1.29, 1.82) is 0 Å². The van der Waals surface area contributed by atoms with Crippen molar-refractivity contribution in [2.75, 3.05) is 0 Å². The number of carbonyl (C=O) groups excluding carboxylic acids is 3. The van der Waals surface area contributed by atoms with Gasteiger partial charge in [-0.25, -0.2) is 9.69 Å². The standard InChI is InChI=1S/C10H9ClN2O3S/c1-6(14)12-9(16)13(11)8(15)10(12,2)7-4-3-5-17-7/h3-5H,1-2H3/t10-/m0/s1. The molecule has 0 saturated carbocycles. The molecular formula is C10H9ClN2O3S. The first-order chi connectivity index (χ1) is 7.90. The number of rotatable bonds is 1. The van der Waals surface area contributed by atoms with E-state index in [2.05, 4.69) is 0 Å². The van der Waals surface area contributed by atoms with E-state index in [1.165, 1.54) is 25.2 Å². The molecule has 0 unspecified atom stereocenters. The van der Waals surface area contributed by atoms with E-state index in [0.29, 0.717) is 9.30 Å². The summed E-state index contributed by atoms with van der Waals surface area (Å²) in [4.78, 5) is 36.8. The van der Waals surface area contributed by atoms with Crippen molar-refractivity contribution in [3.05, 3.63) is 22.4 Å². The second-order valence-corrected chi connectivity index (χ2v) is 5.06. The first kappa shape index (κ1) is 12.1. The summed E-state index contributed by atoms with van der Waals surface area (Å²) in [5.74, 6) is -1.12. The normalized spacial score (nSPS) is 24.6. The van der Waals surface area contributed by atoms with Crippen LogP contribution in [-0.4, -0.2) is 27.2 Å². The fraction of sp³-hybridized carbons (Fsp3) is 0.300. The van der Waals surface area contributed by atoms with Gasteiger partial charge in [0.2, 0.25) is 5.91 Å². The molecule has 90 valence electrons. The van der Waals surface area contributed by atoms with Crippen molar-refractivity contribution < 1.29 is 14.4 Å². The molecule has 1 fully saturated rings. The van der Waals surface area contributed by atoms with Gasteiger partial charge in [-0.1, -0.05) is 6.07 Å². The van der Waals surface area contributed by atoms with Gasteiger partial charge in [0.05, 0.1) is 0 Å². The molecule has 2 rings (SSSR count). The van der Waals surface area contributed by atoms with E-state index in [9.17, 15) is 14.4 Å². The zero-order valence-corrected chi connectivity index (χ0v) is 10.7. The van der Waals surface area contributed by atoms with Crippen LogP contribution in [0.2, 0.25) is 0 Å². The number of amides is 4. The first-order valence-electron chi connectivity index (χ1n) is 4.79. The molecule has 0 bridgehead atoms. The molecule has 5 nitrogen and oxygen atoms in total. The SMILES string of the molecule is CC(=O)N1C(=O)N(Cl)C(=O)[C@]1(C)c1cccs1. The summed E-state index contributed by atoms with van der Waals surface area (Å²) in [5.41, 5.74) is -1.33. The Morgan fingerprint density at radius 3 is 2.59 bits per heavy atom. The molecule has 0 aliphatic carbocycles. The van der Waals surface area contributed by atoms with Crippen molar-refractivity contribution in [2.24, 2.45) is 0 Å². The maximum Gasteiger partial charge on any atom is 0.349 e. The van der Waals surface area contributed by atoms with Gasteiger partial charge < -0.3 is 0 Å². The van der Waals surface area contributed by atoms with Crippen LogP contribution in [0.5, 0.6) is 0 Å². The maximum atomic E-state index is 12.0. The molecule has 1 aromatic heterocycles. The number of halogens is 1. The lowest BCUT2D eigenvalue weighted by atomic mass is 9.98. The van der Waals surface area contributed by atoms with Crippen LogP contribution < -0.4 is 0 Å². The van der Waals surface area contributed by atoms with Crippen LogP contribution in [0.15, 0.2) is 17.5 Å². The summed E-state index contributed by atoms with van der Waals surface area (Å²) >= 11 is 6.89. The lowest BCUT2D eigenvalue weighted by Gasteiger charge is -2.27. The Morgan fingerprint density at radius 1 is 1.47 bits per heavy atom. The van der Waals surface area contributed by atoms with Gasteiger partial charge in [-0.3, -0.25) is 9.59 Å². The van der Waals surface area contributed by atoms with E-state index in [1.54, 1.807) is 17.5 Å². The highest BCUT2D eigenvalue weighted by Gasteiger charge is 2.57. The predicted molar refractivity (Wildman–Crippen MR) is 62.3 cm³/mol. The molecule has 1 aliphatic heterocycles. The largest absolute Gasteiger partial charge is 0.349 e. The van der Waals surface area contributed by atoms with E-state index in [0.717, 1.165) is 4.90 Å². The molecule has 0 aromatic carbocycles. The van der Waals surface area contributed by atoms with Crippen LogP contribution in [0.25, 0.3) is 0 Å². The average molecular weight is 273 g/mol. The van der Waals surface area contributed by atoms with Crippen LogP contribution in [-0.2, 0) is 15.1 Å². The second kappa shape index (κ2) is 3.82. The highest BCUT2D eigenvalue weighted by molar-refractivity contribution is 7.10. The predicted octanol–water partition coefficient (Wildman–Crippen LogP) is 1.93. The molecule has 4 amide bonds. The Morgan fingerprint density at radius 2 is 2.12 bits per heavy atom. The van der Waals surface area contributed by atoms with Crippen LogP contribution >= 0.6 is 23.1 Å². The Kier molecular flexibility index (Phi) is 2.71. The number of hydrogen-bond acceptors (Lipinski definition) is 4. The number of thiophene rings is 1. The number of hydrogen-bond donors (Lipinski definition) is 0. The Labute approximate surface area is 107 Å². The topological polar surface area (TPSA) is 57.7 Å². The van der Waals surface area contributed by atoms with Gasteiger partial charge >= 0.3 is 6.03 Å². The fourth-order valence-electron chi connectivity index (χ4n) is 1.87. The number of urea groups is 1. The quantitative estimate of drug-likeness (QED) is 0.580. The van der Waals surface area contributed by atoms with Crippen molar-refractivity contribution in [2.45, 2.75) is 19.4 Å². The minimum Gasteiger partial charge on any atom is -0.275 e. The van der Waals surface area contributed by atoms with Crippen LogP contribution in [0.1, 0.15) is 18.7 Å². The third-order valence-electron chi connectivity index (χ3n) is 2.72. The number of nitrogens with zero attached hydrogens (tertiary/aromatic N) is 2. The summed E-state index contributed by atoms with van der Waals surface area (Å²) in [7, 11) is 0. The minimum absolute atomic E-state index is 0.459. The lowest BCUT2D eigenvalue weighted by Crippen LogP contribution is -2.46. The van der Waals surface area contributed by atoms with Crippen LogP contribution in [0, 0.1) is 0 Å². The summed E-state index contributed by atoms with van der Waals surface area (Å²) in [6.45, 7) is 2.75. The minimum atomic E-state index is -1.33. The Balaban J connectivity index is 2.61. The second-order valence-electron chi connectivity index (χ2n) is 3.77. The Bertz CT molecular complexity index is 502. The lowest BCUT2D eigenvalue weighted by molar-refractivity contribution is -0.137. The number of carbonyl (C=O) groups is 3. The molecule has 2 heterocycles. The molecule has 7 heteroatoms. The maximum absolute atomic E-state index is 12.0. The summed E-state index contributed by atoms with van der Waals surface area (Å²) < 4.78 is 0.459. The van der Waals surface area contributed by atoms with Gasteiger partial charge in [0.1, 0.15) is 0 Å². The van der Waals surface area contributed by atoms with E-state index in [1.807, 2.05) is 0 Å². The van der Waals surface area contributed by atoms with Gasteiger partial charge in [-0.05, 0) is 18.4 Å². The Hall–Kier alpha value is -1.40. The summed E-state index contributed by atoms with van der Waals surface area (Å²) in [6, 6.07) is 2.64. The van der Waals surface area contributed by atoms with Crippen molar-refractivity contribution in [1.82, 2.24) is 9.32 Å². The molecular weight excluding hydrogens is 264 g/mol. The van der Waals surface area contributed by atoms with Crippen LogP contribution in [0.4, 0.5) is 4.79 Å². The molecule has 1 aliphatic rings. The zero-order chi connectivity index (χ0) is 12.8. The summed E-state index contributed by atoms with van der Waals surface area (Å²) in [5, 5.41) is 1.77. The molecule has 0 radical (unpaired) electrons. The molecule has 0 spiro atoms. The van der Waals surface area contributed by atoms with Gasteiger partial charge in [0.25, 0.3) is 5.91 Å². The zero-order valence-electron chi connectivity index (χ0n) is 9.14. The van der Waals surface area contributed by atoms with E-state index in [-0.39, 0.29) is 0 Å². The van der Waals surface area contributed by atoms with Crippen molar-refractivity contribution >= 4 is 41.0 Å². The fourth-order valence-corrected chi connectivity index (χ4v) is 2.98. The third kappa shape index (κ3) is 1.48. The van der Waals surface area contributed by atoms with Gasteiger partial charge in [0.15, 0.2) is 5.54 Å². The highest BCUT2D eigenvalue weighted by Crippen LogP contribution is 2.40. The smallest absolute Gasteiger partial charge is 0.275 e. The third-order valence-corrected chi connectivity index (χ3v) is 4.10. The van der Waals surface area contributed by atoms with Crippen molar-refractivity contribution in [3.8, 4) is 0 Å². The molecule has 1 atom stereocenters. The average Bonchev–Trinajstić information content (AvgIpc) is 2.84. The summed E-state index contributed by atoms with van der Waals surface area (Å²) in [6.07, 6.45) is 0. The number of imide groups is 2. The van der Waals surface area contributed by atoms with E-state index in [4.69, 9.17) is 11.8 Å². The highest BCUT2D eigenvalue weighted by atomic mass is 35.5. The van der Waals surface area contributed by atoms with Gasteiger partial charge in [-0.15, -0.1) is 11.3 Å². The van der Waals surface area contributed by atoms with Crippen molar-refractivity contribution in [3.63, 3.8) is 0 Å². The molecule has 0 N–H and O–H groups in total.